The Bertz CT molecular complexity index is 222. The molecule has 0 aromatic carbocycles. The van der Waals surface area contributed by atoms with Crippen LogP contribution in [-0.2, 0) is 4.79 Å². The van der Waals surface area contributed by atoms with E-state index in [0.717, 1.165) is 12.0 Å². The van der Waals surface area contributed by atoms with E-state index in [0.29, 0.717) is 30.6 Å². The van der Waals surface area contributed by atoms with Crippen molar-refractivity contribution in [3.63, 3.8) is 0 Å². The van der Waals surface area contributed by atoms with Crippen LogP contribution in [0, 0.1) is 17.8 Å². The number of hydrogen-bond donors (Lipinski definition) is 1. The average Bonchev–Trinajstić information content (AvgIpc) is 2.09. The first-order valence-corrected chi connectivity index (χ1v) is 4.94. The lowest BCUT2D eigenvalue weighted by Gasteiger charge is -2.32. The number of carbonyl (C=O) groups is 1. The second-order valence-corrected chi connectivity index (χ2v) is 4.23. The number of carbonyl (C=O) groups excluding carboxylic acids is 1. The molecule has 0 bridgehead atoms. The van der Waals surface area contributed by atoms with Crippen LogP contribution in [0.2, 0.25) is 0 Å². The van der Waals surface area contributed by atoms with E-state index >= 15 is 0 Å². The Labute approximate surface area is 80.2 Å². The van der Waals surface area contributed by atoms with Crippen LogP contribution in [0.4, 0.5) is 0 Å². The van der Waals surface area contributed by atoms with Gasteiger partial charge >= 0.3 is 0 Å². The molecule has 2 unspecified atom stereocenters. The van der Waals surface area contributed by atoms with E-state index in [1.807, 2.05) is 13.8 Å². The lowest BCUT2D eigenvalue weighted by molar-refractivity contribution is -0.127. The van der Waals surface area contributed by atoms with Crippen LogP contribution in [0.15, 0.2) is 12.2 Å². The van der Waals surface area contributed by atoms with Crippen LogP contribution in [0.1, 0.15) is 26.7 Å². The lowest BCUT2D eigenvalue weighted by atomic mass is 9.72. The standard InChI is InChI=1S/C11H19NO/c1-7(2)9-4-10(6-12)8(3)11(13)5-9/h8-10H,1,4-6,12H2,2-3H3/t8?,9-,10?/m1/s1. The van der Waals surface area contributed by atoms with Gasteiger partial charge < -0.3 is 5.73 Å². The predicted molar refractivity (Wildman–Crippen MR) is 54.3 cm³/mol. The van der Waals surface area contributed by atoms with E-state index in [4.69, 9.17) is 5.73 Å². The quantitative estimate of drug-likeness (QED) is 0.659. The van der Waals surface area contributed by atoms with Gasteiger partial charge in [0.25, 0.3) is 0 Å². The molecule has 0 aromatic heterocycles. The number of hydrogen-bond acceptors (Lipinski definition) is 2. The van der Waals surface area contributed by atoms with Gasteiger partial charge in [-0.25, -0.2) is 0 Å². The molecule has 0 heterocycles. The lowest BCUT2D eigenvalue weighted by Crippen LogP contribution is -2.35. The van der Waals surface area contributed by atoms with Crippen LogP contribution in [-0.4, -0.2) is 12.3 Å². The molecule has 1 aliphatic rings. The number of Topliss-reactive ketones (excluding diaryl/α,β-unsaturated/α-hetero) is 1. The van der Waals surface area contributed by atoms with Crippen molar-refractivity contribution >= 4 is 5.78 Å². The normalized spacial score (nSPS) is 34.7. The maximum atomic E-state index is 11.6. The molecule has 0 aliphatic heterocycles. The zero-order chi connectivity index (χ0) is 10.0. The van der Waals surface area contributed by atoms with Gasteiger partial charge in [-0.2, -0.15) is 0 Å². The van der Waals surface area contributed by atoms with E-state index < -0.39 is 0 Å². The minimum Gasteiger partial charge on any atom is -0.330 e. The Morgan fingerprint density at radius 1 is 1.69 bits per heavy atom. The van der Waals surface area contributed by atoms with Crippen LogP contribution in [0.5, 0.6) is 0 Å². The highest BCUT2D eigenvalue weighted by Crippen LogP contribution is 2.33. The summed E-state index contributed by atoms with van der Waals surface area (Å²) in [6, 6.07) is 0. The molecular weight excluding hydrogens is 162 g/mol. The van der Waals surface area contributed by atoms with Gasteiger partial charge in [0, 0.05) is 12.3 Å². The zero-order valence-corrected chi connectivity index (χ0v) is 8.55. The summed E-state index contributed by atoms with van der Waals surface area (Å²) < 4.78 is 0. The zero-order valence-electron chi connectivity index (χ0n) is 8.55. The third-order valence-corrected chi connectivity index (χ3v) is 3.25. The van der Waals surface area contributed by atoms with Crippen molar-refractivity contribution in [3.8, 4) is 0 Å². The number of ketones is 1. The molecule has 2 heteroatoms. The number of allylic oxidation sites excluding steroid dienone is 1. The molecule has 0 saturated heterocycles. The second-order valence-electron chi connectivity index (χ2n) is 4.23. The maximum absolute atomic E-state index is 11.6. The first-order chi connectivity index (χ1) is 6.06. The fraction of sp³-hybridized carbons (Fsp3) is 0.727. The highest BCUT2D eigenvalue weighted by Gasteiger charge is 2.32. The molecule has 1 saturated carbocycles. The van der Waals surface area contributed by atoms with Gasteiger partial charge in [-0.3, -0.25) is 4.79 Å². The molecule has 2 N–H and O–H groups in total. The van der Waals surface area contributed by atoms with Gasteiger partial charge in [0.1, 0.15) is 5.78 Å². The van der Waals surface area contributed by atoms with E-state index in [-0.39, 0.29) is 5.92 Å². The van der Waals surface area contributed by atoms with Crippen LogP contribution < -0.4 is 5.73 Å². The fourth-order valence-electron chi connectivity index (χ4n) is 2.02. The van der Waals surface area contributed by atoms with Crippen molar-refractivity contribution in [1.82, 2.24) is 0 Å². The molecule has 3 atom stereocenters. The molecule has 0 aromatic rings. The minimum atomic E-state index is 0.153. The minimum absolute atomic E-state index is 0.153. The average molecular weight is 181 g/mol. The van der Waals surface area contributed by atoms with Crippen molar-refractivity contribution in [3.05, 3.63) is 12.2 Å². The van der Waals surface area contributed by atoms with Gasteiger partial charge in [-0.15, -0.1) is 0 Å². The van der Waals surface area contributed by atoms with Gasteiger partial charge in [-0.1, -0.05) is 19.1 Å². The van der Waals surface area contributed by atoms with Crippen molar-refractivity contribution in [2.75, 3.05) is 6.54 Å². The molecule has 0 radical (unpaired) electrons. The van der Waals surface area contributed by atoms with Crippen molar-refractivity contribution in [2.24, 2.45) is 23.5 Å². The van der Waals surface area contributed by atoms with Crippen molar-refractivity contribution in [2.45, 2.75) is 26.7 Å². The van der Waals surface area contributed by atoms with Crippen LogP contribution in [0.3, 0.4) is 0 Å². The fourth-order valence-corrected chi connectivity index (χ4v) is 2.02. The Balaban J connectivity index is 2.69. The number of rotatable bonds is 2. The summed E-state index contributed by atoms with van der Waals surface area (Å²) in [4.78, 5) is 11.6. The summed E-state index contributed by atoms with van der Waals surface area (Å²) in [6.07, 6.45) is 1.71. The molecule has 74 valence electrons. The molecule has 2 nitrogen and oxygen atoms in total. The van der Waals surface area contributed by atoms with Crippen LogP contribution in [0.25, 0.3) is 0 Å². The van der Waals surface area contributed by atoms with Gasteiger partial charge in [0.2, 0.25) is 0 Å². The highest BCUT2D eigenvalue weighted by molar-refractivity contribution is 5.82. The Kier molecular flexibility index (Phi) is 3.26. The molecular formula is C11H19NO. The smallest absolute Gasteiger partial charge is 0.136 e. The third kappa shape index (κ3) is 2.19. The Morgan fingerprint density at radius 3 is 2.77 bits per heavy atom. The molecule has 0 spiro atoms. The summed E-state index contributed by atoms with van der Waals surface area (Å²) in [5, 5.41) is 0. The van der Waals surface area contributed by atoms with Gasteiger partial charge in [0.15, 0.2) is 0 Å². The maximum Gasteiger partial charge on any atom is 0.136 e. The summed E-state index contributed by atoms with van der Waals surface area (Å²) in [5.41, 5.74) is 6.76. The molecule has 1 fully saturated rings. The van der Waals surface area contributed by atoms with E-state index in [1.54, 1.807) is 0 Å². The molecule has 0 amide bonds. The Hall–Kier alpha value is -0.630. The first-order valence-electron chi connectivity index (χ1n) is 4.94. The van der Waals surface area contributed by atoms with Crippen molar-refractivity contribution < 1.29 is 4.79 Å². The summed E-state index contributed by atoms with van der Waals surface area (Å²) >= 11 is 0. The van der Waals surface area contributed by atoms with E-state index in [1.165, 1.54) is 0 Å². The second kappa shape index (κ2) is 4.05. The summed E-state index contributed by atoms with van der Waals surface area (Å²) in [7, 11) is 0. The SMILES string of the molecule is C=C(C)[C@H]1CC(=O)C(C)C(CN)C1. The van der Waals surface area contributed by atoms with E-state index in [2.05, 4.69) is 6.58 Å². The Morgan fingerprint density at radius 2 is 2.31 bits per heavy atom. The molecule has 1 aliphatic carbocycles. The third-order valence-electron chi connectivity index (χ3n) is 3.25. The summed E-state index contributed by atoms with van der Waals surface area (Å²) in [6.45, 7) is 8.53. The van der Waals surface area contributed by atoms with Crippen LogP contribution >= 0.6 is 0 Å². The topological polar surface area (TPSA) is 43.1 Å². The highest BCUT2D eigenvalue weighted by atomic mass is 16.1. The monoisotopic (exact) mass is 181 g/mol. The predicted octanol–water partition coefficient (Wildman–Crippen LogP) is 1.75. The number of nitrogens with two attached hydrogens (primary N) is 1. The van der Waals surface area contributed by atoms with Gasteiger partial charge in [-0.05, 0) is 31.7 Å². The molecule has 13 heavy (non-hydrogen) atoms. The van der Waals surface area contributed by atoms with Crippen molar-refractivity contribution in [1.29, 1.82) is 0 Å². The van der Waals surface area contributed by atoms with Gasteiger partial charge in [0.05, 0.1) is 0 Å². The largest absolute Gasteiger partial charge is 0.330 e. The van der Waals surface area contributed by atoms with E-state index in [9.17, 15) is 4.79 Å². The first kappa shape index (κ1) is 10.5. The molecule has 1 rings (SSSR count). The summed E-state index contributed by atoms with van der Waals surface area (Å²) in [5.74, 6) is 1.25.